The fourth-order valence-corrected chi connectivity index (χ4v) is 3.64. The second-order valence-corrected chi connectivity index (χ2v) is 7.54. The van der Waals surface area contributed by atoms with Crippen LogP contribution in [0, 0.1) is 12.8 Å². The monoisotopic (exact) mass is 330 g/mol. The lowest BCUT2D eigenvalue weighted by Gasteiger charge is -2.32. The highest BCUT2D eigenvalue weighted by Gasteiger charge is 2.26. The molecule has 116 valence electrons. The molecule has 0 aromatic heterocycles. The Morgan fingerprint density at radius 1 is 1.43 bits per heavy atom. The van der Waals surface area contributed by atoms with Crippen molar-refractivity contribution in [2.75, 3.05) is 0 Å². The number of hydrogen-bond donors (Lipinski definition) is 2. The molecular formula is C14H19ClN2O3S. The molecule has 1 amide bonds. The van der Waals surface area contributed by atoms with Crippen LogP contribution in [-0.2, 0) is 10.0 Å². The average Bonchev–Trinajstić information content (AvgIpc) is 2.27. The molecule has 5 nitrogen and oxygen atoms in total. The number of carbonyl (C=O) groups excluding carboxylic acids is 1. The van der Waals surface area contributed by atoms with E-state index in [9.17, 15) is 13.2 Å². The van der Waals surface area contributed by atoms with Crippen molar-refractivity contribution in [1.29, 1.82) is 0 Å². The quantitative estimate of drug-likeness (QED) is 0.887. The van der Waals surface area contributed by atoms with Gasteiger partial charge in [-0.1, -0.05) is 18.0 Å². The number of hydrogen-bond acceptors (Lipinski definition) is 3. The number of halogens is 1. The Labute approximate surface area is 129 Å². The number of rotatable bonds is 4. The lowest BCUT2D eigenvalue weighted by Crippen LogP contribution is -2.41. The van der Waals surface area contributed by atoms with Crippen LogP contribution in [0.25, 0.3) is 0 Å². The summed E-state index contributed by atoms with van der Waals surface area (Å²) in [6.45, 7) is 3.52. The molecule has 0 spiro atoms. The molecule has 1 unspecified atom stereocenters. The number of amides is 1. The summed E-state index contributed by atoms with van der Waals surface area (Å²) in [5.41, 5.74) is 0.568. The van der Waals surface area contributed by atoms with Crippen LogP contribution in [-0.4, -0.2) is 20.4 Å². The summed E-state index contributed by atoms with van der Waals surface area (Å²) in [4.78, 5) is 12.2. The summed E-state index contributed by atoms with van der Waals surface area (Å²) < 4.78 is 23.1. The molecule has 1 aromatic carbocycles. The maximum absolute atomic E-state index is 12.3. The molecule has 1 aliphatic carbocycles. The largest absolute Gasteiger partial charge is 0.349 e. The van der Waals surface area contributed by atoms with Crippen LogP contribution in [0.3, 0.4) is 0 Å². The van der Waals surface area contributed by atoms with Gasteiger partial charge in [0, 0.05) is 16.6 Å². The van der Waals surface area contributed by atoms with E-state index in [0.717, 1.165) is 12.8 Å². The molecule has 1 fully saturated rings. The van der Waals surface area contributed by atoms with E-state index in [4.69, 9.17) is 16.7 Å². The van der Waals surface area contributed by atoms with Gasteiger partial charge in [0.2, 0.25) is 10.0 Å². The summed E-state index contributed by atoms with van der Waals surface area (Å²) in [6, 6.07) is 2.79. The zero-order chi connectivity index (χ0) is 15.8. The molecule has 2 rings (SSSR count). The average molecular weight is 331 g/mol. The van der Waals surface area contributed by atoms with Crippen LogP contribution in [0.2, 0.25) is 5.02 Å². The Morgan fingerprint density at radius 2 is 2.05 bits per heavy atom. The molecule has 1 aliphatic rings. The van der Waals surface area contributed by atoms with Crippen LogP contribution in [0.1, 0.15) is 42.1 Å². The van der Waals surface area contributed by atoms with E-state index in [0.29, 0.717) is 11.5 Å². The molecule has 1 aromatic rings. The Kier molecular flexibility index (Phi) is 4.60. The molecule has 7 heteroatoms. The van der Waals surface area contributed by atoms with Crippen molar-refractivity contribution >= 4 is 27.5 Å². The Bertz CT molecular complexity index is 669. The summed E-state index contributed by atoms with van der Waals surface area (Å²) in [5.74, 6) is 0.172. The minimum absolute atomic E-state index is 0.0579. The van der Waals surface area contributed by atoms with Crippen molar-refractivity contribution in [1.82, 2.24) is 5.32 Å². The number of sulfonamides is 1. The first-order valence-electron chi connectivity index (χ1n) is 6.84. The number of benzene rings is 1. The molecular weight excluding hydrogens is 312 g/mol. The molecule has 1 atom stereocenters. The van der Waals surface area contributed by atoms with Gasteiger partial charge in [-0.05, 0) is 50.3 Å². The van der Waals surface area contributed by atoms with E-state index in [-0.39, 0.29) is 27.4 Å². The summed E-state index contributed by atoms with van der Waals surface area (Å²) in [5, 5.41) is 8.24. The maximum atomic E-state index is 12.3. The van der Waals surface area contributed by atoms with Crippen LogP contribution in [0.4, 0.5) is 0 Å². The second-order valence-electron chi connectivity index (χ2n) is 5.57. The third kappa shape index (κ3) is 3.56. The summed E-state index contributed by atoms with van der Waals surface area (Å²) in [7, 11) is -3.91. The zero-order valence-electron chi connectivity index (χ0n) is 12.0. The number of primary sulfonamides is 1. The molecule has 0 saturated heterocycles. The lowest BCUT2D eigenvalue weighted by atomic mass is 9.80. The number of nitrogens with two attached hydrogens (primary N) is 1. The smallest absolute Gasteiger partial charge is 0.251 e. The van der Waals surface area contributed by atoms with E-state index < -0.39 is 10.0 Å². The first-order chi connectivity index (χ1) is 9.70. The van der Waals surface area contributed by atoms with Gasteiger partial charge in [-0.15, -0.1) is 0 Å². The van der Waals surface area contributed by atoms with Gasteiger partial charge in [-0.2, -0.15) is 0 Å². The lowest BCUT2D eigenvalue weighted by molar-refractivity contribution is 0.0908. The molecule has 3 N–H and O–H groups in total. The third-order valence-corrected chi connectivity index (χ3v) is 5.35. The van der Waals surface area contributed by atoms with Crippen LogP contribution in [0.5, 0.6) is 0 Å². The molecule has 1 saturated carbocycles. The van der Waals surface area contributed by atoms with Gasteiger partial charge in [0.15, 0.2) is 0 Å². The second kappa shape index (κ2) is 5.94. The molecule has 21 heavy (non-hydrogen) atoms. The van der Waals surface area contributed by atoms with Gasteiger partial charge in [0.1, 0.15) is 0 Å². The standard InChI is InChI=1S/C14H19ClN2O3S/c1-8-12(6-11(15)7-13(8)21(16,19)20)14(18)17-9(2)10-4-3-5-10/h6-7,9-10H,3-5H2,1-2H3,(H,17,18)(H2,16,19,20). The number of nitrogens with one attached hydrogen (secondary N) is 1. The highest BCUT2D eigenvalue weighted by Crippen LogP contribution is 2.30. The highest BCUT2D eigenvalue weighted by atomic mass is 35.5. The van der Waals surface area contributed by atoms with Gasteiger partial charge >= 0.3 is 0 Å². The zero-order valence-corrected chi connectivity index (χ0v) is 13.6. The topological polar surface area (TPSA) is 89.3 Å². The van der Waals surface area contributed by atoms with E-state index >= 15 is 0 Å². The Morgan fingerprint density at radius 3 is 2.52 bits per heavy atom. The van der Waals surface area contributed by atoms with Crippen molar-refractivity contribution in [3.63, 3.8) is 0 Å². The van der Waals surface area contributed by atoms with Gasteiger partial charge in [0.25, 0.3) is 5.91 Å². The molecule has 0 heterocycles. The van der Waals surface area contributed by atoms with Crippen molar-refractivity contribution in [3.05, 3.63) is 28.3 Å². The van der Waals surface area contributed by atoms with E-state index in [1.807, 2.05) is 6.92 Å². The Balaban J connectivity index is 2.30. The minimum Gasteiger partial charge on any atom is -0.349 e. The van der Waals surface area contributed by atoms with Crippen LogP contribution in [0.15, 0.2) is 17.0 Å². The van der Waals surface area contributed by atoms with Crippen molar-refractivity contribution in [2.24, 2.45) is 11.1 Å². The molecule has 0 bridgehead atoms. The SMILES string of the molecule is Cc1c(C(=O)NC(C)C2CCC2)cc(Cl)cc1S(N)(=O)=O. The van der Waals surface area contributed by atoms with E-state index in [1.165, 1.54) is 18.6 Å². The normalized spacial score (nSPS) is 17.1. The summed E-state index contributed by atoms with van der Waals surface area (Å²) in [6.07, 6.45) is 3.41. The van der Waals surface area contributed by atoms with E-state index in [2.05, 4.69) is 5.32 Å². The van der Waals surface area contributed by atoms with E-state index in [1.54, 1.807) is 6.92 Å². The van der Waals surface area contributed by atoms with Crippen molar-refractivity contribution in [2.45, 2.75) is 44.0 Å². The van der Waals surface area contributed by atoms with Crippen LogP contribution < -0.4 is 10.5 Å². The third-order valence-electron chi connectivity index (χ3n) is 4.09. The van der Waals surface area contributed by atoms with Gasteiger partial charge in [-0.3, -0.25) is 4.79 Å². The molecule has 0 aliphatic heterocycles. The Hall–Kier alpha value is -1.11. The minimum atomic E-state index is -3.91. The van der Waals surface area contributed by atoms with Crippen molar-refractivity contribution in [3.8, 4) is 0 Å². The predicted molar refractivity (Wildman–Crippen MR) is 81.8 cm³/mol. The fourth-order valence-electron chi connectivity index (χ4n) is 2.53. The van der Waals surface area contributed by atoms with Crippen LogP contribution >= 0.6 is 11.6 Å². The first kappa shape index (κ1) is 16.3. The van der Waals surface area contributed by atoms with Gasteiger partial charge in [0.05, 0.1) is 4.90 Å². The van der Waals surface area contributed by atoms with Crippen molar-refractivity contribution < 1.29 is 13.2 Å². The first-order valence-corrected chi connectivity index (χ1v) is 8.76. The predicted octanol–water partition coefficient (Wildman–Crippen LogP) is 2.21. The number of carbonyl (C=O) groups is 1. The fraction of sp³-hybridized carbons (Fsp3) is 0.500. The highest BCUT2D eigenvalue weighted by molar-refractivity contribution is 7.89. The maximum Gasteiger partial charge on any atom is 0.251 e. The molecule has 0 radical (unpaired) electrons. The van der Waals surface area contributed by atoms with Gasteiger partial charge in [-0.25, -0.2) is 13.6 Å². The van der Waals surface area contributed by atoms with Gasteiger partial charge < -0.3 is 5.32 Å². The summed E-state index contributed by atoms with van der Waals surface area (Å²) >= 11 is 5.91.